The molecular formula is C59H81NO15. The molecule has 16 nitrogen and oxygen atoms in total. The van der Waals surface area contributed by atoms with Gasteiger partial charge >= 0.3 is 35.8 Å². The van der Waals surface area contributed by atoms with Gasteiger partial charge in [-0.05, 0) is 144 Å². The molecule has 16 heteroatoms. The number of carboxylic acid groups (broad SMARTS) is 3. The zero-order valence-electron chi connectivity index (χ0n) is 46.2. The first-order chi connectivity index (χ1) is 35.0. The van der Waals surface area contributed by atoms with Crippen LogP contribution in [0.4, 0.5) is 5.69 Å². The van der Waals surface area contributed by atoms with E-state index in [1.165, 1.54) is 43.2 Å². The summed E-state index contributed by atoms with van der Waals surface area (Å²) in [6.45, 7) is 25.1. The van der Waals surface area contributed by atoms with E-state index in [0.29, 0.717) is 48.0 Å². The predicted octanol–water partition coefficient (Wildman–Crippen LogP) is 11.1. The third-order valence-corrected chi connectivity index (χ3v) is 15.0. The minimum absolute atomic E-state index is 0.0162. The van der Waals surface area contributed by atoms with Crippen molar-refractivity contribution in [3.8, 4) is 0 Å². The van der Waals surface area contributed by atoms with Gasteiger partial charge in [-0.3, -0.25) is 38.5 Å². The Labute approximate surface area is 442 Å². The summed E-state index contributed by atoms with van der Waals surface area (Å²) in [6.07, 6.45) is 4.40. The average molecular weight is 1040 g/mol. The molecule has 2 aliphatic carbocycles. The summed E-state index contributed by atoms with van der Waals surface area (Å²) in [5.41, 5.74) is 2.22. The maximum atomic E-state index is 11.9. The van der Waals surface area contributed by atoms with Gasteiger partial charge in [0.1, 0.15) is 32.0 Å². The van der Waals surface area contributed by atoms with E-state index in [4.69, 9.17) is 29.5 Å². The highest BCUT2D eigenvalue weighted by Crippen LogP contribution is 2.54. The van der Waals surface area contributed by atoms with Crippen molar-refractivity contribution in [1.82, 2.24) is 0 Å². The molecule has 1 aliphatic heterocycles. The highest BCUT2D eigenvalue weighted by Gasteiger charge is 2.51. The van der Waals surface area contributed by atoms with Crippen LogP contribution in [0.1, 0.15) is 166 Å². The molecule has 6 rings (SSSR count). The molecule has 2 amide bonds. The Balaban J connectivity index is 0.000000323. The van der Waals surface area contributed by atoms with Crippen molar-refractivity contribution < 1.29 is 72.7 Å². The van der Waals surface area contributed by atoms with Gasteiger partial charge in [-0.15, -0.1) is 0 Å². The predicted molar refractivity (Wildman–Crippen MR) is 284 cm³/mol. The first-order valence-corrected chi connectivity index (χ1v) is 25.8. The summed E-state index contributed by atoms with van der Waals surface area (Å²) in [4.78, 5) is 102. The van der Waals surface area contributed by atoms with Crippen LogP contribution in [-0.4, -0.2) is 81.9 Å². The monoisotopic (exact) mass is 1040 g/mol. The van der Waals surface area contributed by atoms with E-state index in [1.54, 1.807) is 39.8 Å². The van der Waals surface area contributed by atoms with Gasteiger partial charge in [0.05, 0.1) is 33.6 Å². The van der Waals surface area contributed by atoms with Gasteiger partial charge in [-0.1, -0.05) is 97.9 Å². The number of anilines is 1. The van der Waals surface area contributed by atoms with Gasteiger partial charge in [-0.25, -0.2) is 9.59 Å². The minimum Gasteiger partial charge on any atom is -0.481 e. The third kappa shape index (κ3) is 19.5. The molecule has 1 heterocycles. The van der Waals surface area contributed by atoms with Crippen molar-refractivity contribution in [3.05, 3.63) is 101 Å². The number of benzene rings is 3. The number of amides is 2. The van der Waals surface area contributed by atoms with Gasteiger partial charge in [0.25, 0.3) is 0 Å². The molecule has 3 aromatic rings. The van der Waals surface area contributed by atoms with Gasteiger partial charge < -0.3 is 29.5 Å². The number of rotatable bonds is 17. The number of ether oxygens (including phenoxy) is 3. The SMILES string of the molecule is CC1C(=O)N(c2ccc(C(=O)O)cc2)C(=O)C1C.CC1C2CC(C(=O)O)C(C2)C1C.CCC(C)(C)C(=O)OCCOC(=O)CC(C)=O.CCC(C)(C)C(=O)OCc1ccccc1.CCC(C)c1ccc(C(=O)O)cc1. The molecule has 412 valence electrons. The Morgan fingerprint density at radius 1 is 0.640 bits per heavy atom. The zero-order chi connectivity index (χ0) is 57.0. The van der Waals surface area contributed by atoms with Crippen LogP contribution in [0, 0.1) is 52.3 Å². The Hall–Kier alpha value is -6.71. The van der Waals surface area contributed by atoms with Crippen LogP contribution in [0.5, 0.6) is 0 Å². The first kappa shape index (κ1) is 64.4. The molecule has 0 spiro atoms. The number of hydrogen-bond donors (Lipinski definition) is 3. The van der Waals surface area contributed by atoms with Gasteiger partial charge in [0.2, 0.25) is 11.8 Å². The Morgan fingerprint density at radius 2 is 1.11 bits per heavy atom. The van der Waals surface area contributed by atoms with E-state index in [0.717, 1.165) is 35.6 Å². The molecule has 2 saturated carbocycles. The normalized spacial score (nSPS) is 20.7. The molecule has 1 saturated heterocycles. The second-order valence-corrected chi connectivity index (χ2v) is 21.0. The molecular weight excluding hydrogens is 963 g/mol. The molecule has 0 radical (unpaired) electrons. The fourth-order valence-electron chi connectivity index (χ4n) is 8.31. The van der Waals surface area contributed by atoms with Crippen molar-refractivity contribution in [2.24, 2.45) is 52.3 Å². The van der Waals surface area contributed by atoms with Crippen LogP contribution in [0.15, 0.2) is 78.9 Å². The summed E-state index contributed by atoms with van der Waals surface area (Å²) in [5, 5.41) is 26.4. The van der Waals surface area contributed by atoms with E-state index in [2.05, 4.69) is 27.7 Å². The fourth-order valence-corrected chi connectivity index (χ4v) is 8.31. The fraction of sp³-hybridized carbons (Fsp3) is 0.542. The number of Topliss-reactive ketones (excluding diaryl/α,β-unsaturated/α-hetero) is 1. The number of aromatic carboxylic acids is 2. The number of imide groups is 1. The standard InChI is InChI=1S/C13H13NO4.C13H18O2.C12H20O5.C11H14O2.C10H16O2/c1-7-8(2)12(16)14(11(7)15)10-5-3-9(4-6-10)13(17)18;1-4-13(2,3)12(14)15-10-11-8-6-5-7-9-11;1-5-12(3,4)11(15)17-7-6-16-10(14)8-9(2)13;1-3-8(2)9-4-6-10(7-5-9)11(12)13;1-5-6(2)8-3-7(5)4-9(8)10(11)12/h3-8H,1-2H3,(H,17,18);5-9H,4,10H2,1-3H3;5-8H2,1-4H3;4-8H,3H2,1-2H3,(H,12,13);5-9H,3-4H2,1-2H3,(H,11,12). The topological polar surface area (TPSA) is 245 Å². The molecule has 3 aliphatic rings. The number of esters is 3. The quantitative estimate of drug-likeness (QED) is 0.0374. The molecule has 3 aromatic carbocycles. The summed E-state index contributed by atoms with van der Waals surface area (Å²) >= 11 is 0. The van der Waals surface area contributed by atoms with E-state index >= 15 is 0 Å². The molecule has 0 aromatic heterocycles. The Kier molecular flexibility index (Phi) is 25.8. The summed E-state index contributed by atoms with van der Waals surface area (Å²) in [7, 11) is 0. The second-order valence-electron chi connectivity index (χ2n) is 21.0. The highest BCUT2D eigenvalue weighted by molar-refractivity contribution is 6.21. The summed E-state index contributed by atoms with van der Waals surface area (Å²) in [5.74, 6) is -1.88. The van der Waals surface area contributed by atoms with Crippen molar-refractivity contribution in [2.75, 3.05) is 18.1 Å². The van der Waals surface area contributed by atoms with E-state index in [9.17, 15) is 43.2 Å². The van der Waals surface area contributed by atoms with E-state index in [1.807, 2.05) is 70.2 Å². The minimum atomic E-state index is -1.04. The van der Waals surface area contributed by atoms with Crippen LogP contribution < -0.4 is 4.90 Å². The maximum Gasteiger partial charge on any atom is 0.335 e. The van der Waals surface area contributed by atoms with Crippen molar-refractivity contribution >= 4 is 59.1 Å². The van der Waals surface area contributed by atoms with Crippen LogP contribution in [0.3, 0.4) is 0 Å². The third-order valence-electron chi connectivity index (χ3n) is 15.0. The number of fused-ring (bicyclic) bond motifs is 2. The number of nitrogens with zero attached hydrogens (tertiary/aromatic N) is 1. The highest BCUT2D eigenvalue weighted by atomic mass is 16.6. The van der Waals surface area contributed by atoms with Crippen LogP contribution in [0.2, 0.25) is 0 Å². The number of carboxylic acids is 3. The molecule has 3 N–H and O–H groups in total. The van der Waals surface area contributed by atoms with Crippen LogP contribution in [0.25, 0.3) is 0 Å². The van der Waals surface area contributed by atoms with Gasteiger partial charge in [-0.2, -0.15) is 0 Å². The zero-order valence-corrected chi connectivity index (χ0v) is 46.2. The summed E-state index contributed by atoms with van der Waals surface area (Å²) in [6, 6.07) is 22.5. The van der Waals surface area contributed by atoms with E-state index in [-0.39, 0.29) is 77.9 Å². The molecule has 8 atom stereocenters. The lowest BCUT2D eigenvalue weighted by atomic mass is 9.76. The molecule has 2 bridgehead atoms. The maximum absolute atomic E-state index is 11.9. The molecule has 8 unspecified atom stereocenters. The van der Waals surface area contributed by atoms with Gasteiger partial charge in [0.15, 0.2) is 0 Å². The smallest absolute Gasteiger partial charge is 0.335 e. The molecule has 3 fully saturated rings. The number of ketones is 1. The Bertz CT molecular complexity index is 2370. The van der Waals surface area contributed by atoms with Crippen molar-refractivity contribution in [2.45, 2.75) is 141 Å². The first-order valence-electron chi connectivity index (χ1n) is 25.8. The number of carbonyl (C=O) groups is 9. The average Bonchev–Trinajstić information content (AvgIpc) is 4.01. The lowest BCUT2D eigenvalue weighted by Crippen LogP contribution is -2.30. The number of aliphatic carboxylic acids is 1. The van der Waals surface area contributed by atoms with Crippen LogP contribution >= 0.6 is 0 Å². The Morgan fingerprint density at radius 3 is 1.52 bits per heavy atom. The molecule has 75 heavy (non-hydrogen) atoms. The van der Waals surface area contributed by atoms with Crippen LogP contribution in [-0.2, 0) is 54.4 Å². The second kappa shape index (κ2) is 30.0. The number of carbonyl (C=O) groups excluding carboxylic acids is 6. The van der Waals surface area contributed by atoms with Gasteiger partial charge in [0, 0.05) is 11.8 Å². The lowest BCUT2D eigenvalue weighted by molar-refractivity contribution is -0.159. The van der Waals surface area contributed by atoms with Crippen molar-refractivity contribution in [3.63, 3.8) is 0 Å². The lowest BCUT2D eigenvalue weighted by Gasteiger charge is -2.29. The largest absolute Gasteiger partial charge is 0.481 e. The van der Waals surface area contributed by atoms with Crippen molar-refractivity contribution in [1.29, 1.82) is 0 Å². The number of hydrogen-bond acceptors (Lipinski definition) is 12. The summed E-state index contributed by atoms with van der Waals surface area (Å²) < 4.78 is 14.9. The van der Waals surface area contributed by atoms with E-state index < -0.39 is 29.3 Å².